The van der Waals surface area contributed by atoms with E-state index in [1.165, 1.54) is 0 Å². The number of rotatable bonds is 5. The van der Waals surface area contributed by atoms with Crippen LogP contribution in [-0.4, -0.2) is 45.1 Å². The monoisotopic (exact) mass is 251 g/mol. The molecule has 0 radical (unpaired) electrons. The molecular weight excluding hydrogens is 230 g/mol. The summed E-state index contributed by atoms with van der Waals surface area (Å²) in [5.74, 6) is 0.762. The van der Waals surface area contributed by atoms with Crippen molar-refractivity contribution >= 4 is 17.3 Å². The summed E-state index contributed by atoms with van der Waals surface area (Å²) >= 11 is 0. The number of carbonyl (C=O) groups excluding carboxylic acids is 1. The average Bonchev–Trinajstić information content (AvgIpc) is 2.35. The first-order valence-corrected chi connectivity index (χ1v) is 5.88. The van der Waals surface area contributed by atoms with Crippen molar-refractivity contribution in [1.29, 1.82) is 0 Å². The number of benzene rings is 1. The molecule has 0 bridgehead atoms. The van der Waals surface area contributed by atoms with E-state index >= 15 is 0 Å². The molecule has 1 amide bonds. The molecule has 1 rings (SSSR count). The van der Waals surface area contributed by atoms with E-state index in [0.717, 1.165) is 12.2 Å². The van der Waals surface area contributed by atoms with Crippen LogP contribution in [0.15, 0.2) is 18.2 Å². The molecule has 0 fully saturated rings. The molecule has 0 aromatic heterocycles. The Morgan fingerprint density at radius 2 is 2.06 bits per heavy atom. The van der Waals surface area contributed by atoms with Gasteiger partial charge in [-0.2, -0.15) is 0 Å². The van der Waals surface area contributed by atoms with E-state index < -0.39 is 0 Å². The minimum atomic E-state index is 0.0482. The molecule has 0 aliphatic carbocycles. The summed E-state index contributed by atoms with van der Waals surface area (Å²) < 4.78 is 5.11. The van der Waals surface area contributed by atoms with Gasteiger partial charge < -0.3 is 20.3 Å². The van der Waals surface area contributed by atoms with Gasteiger partial charge in [-0.1, -0.05) is 0 Å². The van der Waals surface area contributed by atoms with Crippen molar-refractivity contribution in [1.82, 2.24) is 4.90 Å². The number of methoxy groups -OCH3 is 1. The van der Waals surface area contributed by atoms with Crippen molar-refractivity contribution in [2.24, 2.45) is 0 Å². The van der Waals surface area contributed by atoms with Crippen LogP contribution < -0.4 is 15.4 Å². The van der Waals surface area contributed by atoms with Crippen LogP contribution in [0.4, 0.5) is 11.4 Å². The van der Waals surface area contributed by atoms with Crippen LogP contribution >= 0.6 is 0 Å². The highest BCUT2D eigenvalue weighted by molar-refractivity contribution is 5.83. The number of amides is 1. The molecule has 0 aliphatic rings. The summed E-state index contributed by atoms with van der Waals surface area (Å²) in [7, 11) is 5.09. The highest BCUT2D eigenvalue weighted by Gasteiger charge is 2.14. The molecule has 0 atom stereocenters. The number of likely N-dealkylation sites (N-methyl/N-ethyl adjacent to an activating group) is 2. The molecule has 0 saturated carbocycles. The molecule has 0 aliphatic heterocycles. The lowest BCUT2D eigenvalue weighted by Gasteiger charge is -2.25. The Morgan fingerprint density at radius 1 is 1.39 bits per heavy atom. The Hall–Kier alpha value is -1.91. The van der Waals surface area contributed by atoms with Gasteiger partial charge in [0, 0.05) is 26.7 Å². The standard InChI is InChI=1S/C13H21N3O2/c1-5-16(9-13(17)15(2)3)12-7-6-10(18-4)8-11(12)14/h6-8H,5,9,14H2,1-4H3. The van der Waals surface area contributed by atoms with E-state index in [9.17, 15) is 4.79 Å². The number of nitrogens with zero attached hydrogens (tertiary/aromatic N) is 2. The third-order valence-electron chi connectivity index (χ3n) is 2.78. The van der Waals surface area contributed by atoms with Gasteiger partial charge in [0.1, 0.15) is 5.75 Å². The summed E-state index contributed by atoms with van der Waals surface area (Å²) in [6.07, 6.45) is 0. The largest absolute Gasteiger partial charge is 0.497 e. The molecule has 100 valence electrons. The molecule has 1 aromatic carbocycles. The second-order valence-corrected chi connectivity index (χ2v) is 4.23. The molecule has 0 saturated heterocycles. The zero-order valence-electron chi connectivity index (χ0n) is 11.4. The number of carbonyl (C=O) groups is 1. The van der Waals surface area contributed by atoms with Gasteiger partial charge in [-0.15, -0.1) is 0 Å². The van der Waals surface area contributed by atoms with E-state index in [2.05, 4.69) is 0 Å². The van der Waals surface area contributed by atoms with Crippen LogP contribution in [0.5, 0.6) is 5.75 Å². The van der Waals surface area contributed by atoms with E-state index in [-0.39, 0.29) is 5.91 Å². The van der Waals surface area contributed by atoms with Gasteiger partial charge in [-0.05, 0) is 19.1 Å². The fourth-order valence-corrected chi connectivity index (χ4v) is 1.62. The third kappa shape index (κ3) is 3.29. The molecule has 5 nitrogen and oxygen atoms in total. The topological polar surface area (TPSA) is 58.8 Å². The number of hydrogen-bond acceptors (Lipinski definition) is 4. The summed E-state index contributed by atoms with van der Waals surface area (Å²) in [4.78, 5) is 15.3. The van der Waals surface area contributed by atoms with Gasteiger partial charge in [0.15, 0.2) is 0 Å². The molecule has 1 aromatic rings. The lowest BCUT2D eigenvalue weighted by Crippen LogP contribution is -2.36. The minimum Gasteiger partial charge on any atom is -0.497 e. The SMILES string of the molecule is CCN(CC(=O)N(C)C)c1ccc(OC)cc1N. The van der Waals surface area contributed by atoms with E-state index in [1.807, 2.05) is 24.0 Å². The summed E-state index contributed by atoms with van der Waals surface area (Å²) in [5.41, 5.74) is 7.45. The van der Waals surface area contributed by atoms with Crippen molar-refractivity contribution in [3.63, 3.8) is 0 Å². The first-order valence-electron chi connectivity index (χ1n) is 5.88. The van der Waals surface area contributed by atoms with Crippen molar-refractivity contribution in [3.8, 4) is 5.75 Å². The summed E-state index contributed by atoms with van der Waals surface area (Å²) in [6.45, 7) is 3.03. The molecule has 0 heterocycles. The second-order valence-electron chi connectivity index (χ2n) is 4.23. The zero-order valence-corrected chi connectivity index (χ0v) is 11.4. The Kier molecular flexibility index (Phi) is 4.83. The van der Waals surface area contributed by atoms with Crippen molar-refractivity contribution in [3.05, 3.63) is 18.2 Å². The molecule has 2 N–H and O–H groups in total. The van der Waals surface area contributed by atoms with Gasteiger partial charge in [0.2, 0.25) is 5.91 Å². The lowest BCUT2D eigenvalue weighted by molar-refractivity contribution is -0.127. The Balaban J connectivity index is 2.91. The molecule has 5 heteroatoms. The maximum atomic E-state index is 11.7. The Morgan fingerprint density at radius 3 is 2.50 bits per heavy atom. The highest BCUT2D eigenvalue weighted by Crippen LogP contribution is 2.27. The lowest BCUT2D eigenvalue weighted by atomic mass is 10.2. The van der Waals surface area contributed by atoms with Crippen molar-refractivity contribution in [2.75, 3.05) is 44.9 Å². The smallest absolute Gasteiger partial charge is 0.241 e. The number of nitrogens with two attached hydrogens (primary N) is 1. The molecule has 0 spiro atoms. The third-order valence-corrected chi connectivity index (χ3v) is 2.78. The maximum Gasteiger partial charge on any atom is 0.241 e. The predicted molar refractivity (Wildman–Crippen MR) is 74.0 cm³/mol. The first-order chi connectivity index (χ1) is 8.49. The quantitative estimate of drug-likeness (QED) is 0.799. The Labute approximate surface area is 108 Å². The van der Waals surface area contributed by atoms with Crippen LogP contribution in [-0.2, 0) is 4.79 Å². The van der Waals surface area contributed by atoms with E-state index in [1.54, 1.807) is 32.2 Å². The van der Waals surface area contributed by atoms with Gasteiger partial charge in [0.25, 0.3) is 0 Å². The number of anilines is 2. The van der Waals surface area contributed by atoms with Crippen LogP contribution in [0.1, 0.15) is 6.92 Å². The number of nitrogen functional groups attached to an aromatic ring is 1. The first kappa shape index (κ1) is 14.2. The summed E-state index contributed by atoms with van der Waals surface area (Å²) in [5, 5.41) is 0. The summed E-state index contributed by atoms with van der Waals surface area (Å²) in [6, 6.07) is 5.48. The molecule has 18 heavy (non-hydrogen) atoms. The number of ether oxygens (including phenoxy) is 1. The normalized spacial score (nSPS) is 10.0. The van der Waals surface area contributed by atoms with Crippen LogP contribution in [0.2, 0.25) is 0 Å². The van der Waals surface area contributed by atoms with Gasteiger partial charge >= 0.3 is 0 Å². The van der Waals surface area contributed by atoms with Crippen LogP contribution in [0, 0.1) is 0 Å². The van der Waals surface area contributed by atoms with Crippen LogP contribution in [0.25, 0.3) is 0 Å². The second kappa shape index (κ2) is 6.14. The van der Waals surface area contributed by atoms with Crippen molar-refractivity contribution in [2.45, 2.75) is 6.92 Å². The van der Waals surface area contributed by atoms with Gasteiger partial charge in [0.05, 0.1) is 25.0 Å². The molecule has 0 unspecified atom stereocenters. The minimum absolute atomic E-state index is 0.0482. The fraction of sp³-hybridized carbons (Fsp3) is 0.462. The van der Waals surface area contributed by atoms with E-state index in [4.69, 9.17) is 10.5 Å². The van der Waals surface area contributed by atoms with Crippen molar-refractivity contribution < 1.29 is 9.53 Å². The van der Waals surface area contributed by atoms with Crippen LogP contribution in [0.3, 0.4) is 0 Å². The Bertz CT molecular complexity index is 419. The highest BCUT2D eigenvalue weighted by atomic mass is 16.5. The zero-order chi connectivity index (χ0) is 13.7. The van der Waals surface area contributed by atoms with E-state index in [0.29, 0.717) is 18.0 Å². The van der Waals surface area contributed by atoms with Gasteiger partial charge in [-0.3, -0.25) is 4.79 Å². The van der Waals surface area contributed by atoms with Gasteiger partial charge in [-0.25, -0.2) is 0 Å². The maximum absolute atomic E-state index is 11.7. The molecular formula is C13H21N3O2. The fourth-order valence-electron chi connectivity index (χ4n) is 1.62. The average molecular weight is 251 g/mol. The predicted octanol–water partition coefficient (Wildman–Crippen LogP) is 1.19. The number of hydrogen-bond donors (Lipinski definition) is 1.